The molecule has 0 bridgehead atoms. The molecule has 0 aromatic heterocycles. The van der Waals surface area contributed by atoms with E-state index >= 15 is 0 Å². The van der Waals surface area contributed by atoms with E-state index < -0.39 is 0 Å². The fourth-order valence-corrected chi connectivity index (χ4v) is 1.70. The van der Waals surface area contributed by atoms with Crippen molar-refractivity contribution in [2.75, 3.05) is 20.2 Å². The van der Waals surface area contributed by atoms with Crippen LogP contribution in [0.4, 0.5) is 0 Å². The Labute approximate surface area is 83.7 Å². The average molecular weight is 190 g/mol. The van der Waals surface area contributed by atoms with Crippen LogP contribution in [-0.4, -0.2) is 36.0 Å². The van der Waals surface area contributed by atoms with Crippen LogP contribution in [0.25, 0.3) is 0 Å². The molecule has 1 aliphatic heterocycles. The van der Waals surface area contributed by atoms with Gasteiger partial charge in [-0.15, -0.1) is 0 Å². The van der Waals surface area contributed by atoms with E-state index in [1.54, 1.807) is 0 Å². The molecule has 1 aliphatic rings. The van der Waals surface area contributed by atoms with Gasteiger partial charge in [0, 0.05) is 13.6 Å². The van der Waals surface area contributed by atoms with Gasteiger partial charge in [0.2, 0.25) is 0 Å². The Morgan fingerprint density at radius 2 is 2.14 bits per heavy atom. The Morgan fingerprint density at radius 1 is 1.43 bits per heavy atom. The van der Waals surface area contributed by atoms with Crippen molar-refractivity contribution in [2.45, 2.75) is 6.04 Å². The molecule has 1 aromatic carbocycles. The first-order valence-corrected chi connectivity index (χ1v) is 4.75. The number of nitrogens with zero attached hydrogens (tertiary/aromatic N) is 2. The van der Waals surface area contributed by atoms with Gasteiger partial charge in [-0.25, -0.2) is 0 Å². The number of rotatable bonds is 2. The van der Waals surface area contributed by atoms with Gasteiger partial charge in [0.25, 0.3) is 0 Å². The summed E-state index contributed by atoms with van der Waals surface area (Å²) in [7, 11) is 1.96. The summed E-state index contributed by atoms with van der Waals surface area (Å²) >= 11 is 0. The van der Waals surface area contributed by atoms with Crippen molar-refractivity contribution in [3.05, 3.63) is 35.9 Å². The van der Waals surface area contributed by atoms with E-state index in [1.807, 2.05) is 30.1 Å². The fourth-order valence-electron chi connectivity index (χ4n) is 1.70. The molecular weight excluding hydrogens is 176 g/mol. The van der Waals surface area contributed by atoms with Crippen LogP contribution >= 0.6 is 0 Å². The molecule has 1 heterocycles. The zero-order valence-corrected chi connectivity index (χ0v) is 8.22. The second kappa shape index (κ2) is 3.80. The molecule has 0 amide bonds. The molecule has 14 heavy (non-hydrogen) atoms. The summed E-state index contributed by atoms with van der Waals surface area (Å²) in [5.74, 6) is 0.777. The van der Waals surface area contributed by atoms with Crippen LogP contribution < -0.4 is 0 Å². The Morgan fingerprint density at radius 3 is 2.71 bits per heavy atom. The van der Waals surface area contributed by atoms with Crippen molar-refractivity contribution in [1.82, 2.24) is 4.90 Å². The highest BCUT2D eigenvalue weighted by atomic mass is 16.3. The highest BCUT2D eigenvalue weighted by molar-refractivity contribution is 5.85. The largest absolute Gasteiger partial charge is 0.388 e. The number of hydrogen-bond acceptors (Lipinski definition) is 3. The maximum atomic E-state index is 9.03. The van der Waals surface area contributed by atoms with Crippen molar-refractivity contribution >= 4 is 5.84 Å². The molecule has 3 nitrogen and oxygen atoms in total. The molecule has 1 N–H and O–H groups in total. The predicted octanol–water partition coefficient (Wildman–Crippen LogP) is 1.06. The fraction of sp³-hybridized carbons (Fsp3) is 0.364. The van der Waals surface area contributed by atoms with Crippen molar-refractivity contribution in [2.24, 2.45) is 4.99 Å². The molecule has 3 heteroatoms. The lowest BCUT2D eigenvalue weighted by atomic mass is 10.1. The Balaban J connectivity index is 2.20. The summed E-state index contributed by atoms with van der Waals surface area (Å²) in [6, 6.07) is 10.4. The molecule has 1 aromatic rings. The van der Waals surface area contributed by atoms with Crippen molar-refractivity contribution < 1.29 is 5.11 Å². The molecular formula is C11H14N2O. The minimum atomic E-state index is 0.0276. The Kier molecular flexibility index (Phi) is 2.50. The molecule has 1 unspecified atom stereocenters. The Bertz CT molecular complexity index is 334. The van der Waals surface area contributed by atoms with E-state index in [1.165, 1.54) is 5.56 Å². The number of hydrogen-bond donors (Lipinski definition) is 1. The molecule has 0 aliphatic carbocycles. The maximum absolute atomic E-state index is 9.03. The molecule has 2 rings (SSSR count). The van der Waals surface area contributed by atoms with Crippen LogP contribution in [0, 0.1) is 0 Å². The van der Waals surface area contributed by atoms with Crippen LogP contribution in [0.3, 0.4) is 0 Å². The number of benzene rings is 1. The van der Waals surface area contributed by atoms with Crippen molar-refractivity contribution in [3.63, 3.8) is 0 Å². The van der Waals surface area contributed by atoms with Crippen LogP contribution in [-0.2, 0) is 0 Å². The van der Waals surface area contributed by atoms with Gasteiger partial charge in [-0.3, -0.25) is 4.99 Å². The summed E-state index contributed by atoms with van der Waals surface area (Å²) < 4.78 is 0. The first-order chi connectivity index (χ1) is 6.81. The lowest BCUT2D eigenvalue weighted by Gasteiger charge is -2.12. The van der Waals surface area contributed by atoms with Crippen LogP contribution in [0.5, 0.6) is 0 Å². The summed E-state index contributed by atoms with van der Waals surface area (Å²) in [4.78, 5) is 6.45. The number of aliphatic imine (C=N–C) groups is 1. The molecule has 0 saturated carbocycles. The molecule has 74 valence electrons. The lowest BCUT2D eigenvalue weighted by molar-refractivity contribution is 0.339. The van der Waals surface area contributed by atoms with E-state index in [2.05, 4.69) is 17.1 Å². The normalized spacial score (nSPS) is 21.1. The molecule has 0 fully saturated rings. The highest BCUT2D eigenvalue weighted by Gasteiger charge is 2.22. The van der Waals surface area contributed by atoms with Gasteiger partial charge in [-0.05, 0) is 5.56 Å². The van der Waals surface area contributed by atoms with Gasteiger partial charge in [0.15, 0.2) is 0 Å². The van der Waals surface area contributed by atoms with Crippen LogP contribution in [0.15, 0.2) is 35.3 Å². The van der Waals surface area contributed by atoms with E-state index in [9.17, 15) is 0 Å². The zero-order chi connectivity index (χ0) is 9.97. The number of aliphatic hydroxyl groups is 1. The topological polar surface area (TPSA) is 35.8 Å². The highest BCUT2D eigenvalue weighted by Crippen LogP contribution is 2.23. The van der Waals surface area contributed by atoms with Gasteiger partial charge < -0.3 is 10.0 Å². The summed E-state index contributed by atoms with van der Waals surface area (Å²) in [6.07, 6.45) is 0. The zero-order valence-electron chi connectivity index (χ0n) is 8.22. The summed E-state index contributed by atoms with van der Waals surface area (Å²) in [6.45, 7) is 0.889. The minimum Gasteiger partial charge on any atom is -0.388 e. The first kappa shape index (κ1) is 9.21. The minimum absolute atomic E-state index is 0.0276. The number of aliphatic hydroxyl groups excluding tert-OH is 1. The van der Waals surface area contributed by atoms with E-state index in [0.717, 1.165) is 12.4 Å². The molecule has 0 saturated heterocycles. The molecule has 0 radical (unpaired) electrons. The predicted molar refractivity (Wildman–Crippen MR) is 56.3 cm³/mol. The molecule has 0 spiro atoms. The first-order valence-electron chi connectivity index (χ1n) is 4.75. The summed E-state index contributed by atoms with van der Waals surface area (Å²) in [5, 5.41) is 9.03. The van der Waals surface area contributed by atoms with Gasteiger partial charge in [-0.2, -0.15) is 0 Å². The third-order valence-electron chi connectivity index (χ3n) is 2.52. The van der Waals surface area contributed by atoms with E-state index in [4.69, 9.17) is 5.11 Å². The smallest absolute Gasteiger partial charge is 0.125 e. The Hall–Kier alpha value is -1.35. The SMILES string of the molecule is CN1CC(c2ccccc2)N=C1CO. The van der Waals surface area contributed by atoms with Gasteiger partial charge in [0.1, 0.15) is 12.4 Å². The average Bonchev–Trinajstić information content (AvgIpc) is 2.61. The van der Waals surface area contributed by atoms with Gasteiger partial charge in [-0.1, -0.05) is 30.3 Å². The quantitative estimate of drug-likeness (QED) is 0.757. The van der Waals surface area contributed by atoms with E-state index in [0.29, 0.717) is 0 Å². The third kappa shape index (κ3) is 1.63. The van der Waals surface area contributed by atoms with Crippen molar-refractivity contribution in [3.8, 4) is 0 Å². The van der Waals surface area contributed by atoms with Crippen LogP contribution in [0.1, 0.15) is 11.6 Å². The second-order valence-electron chi connectivity index (χ2n) is 3.51. The maximum Gasteiger partial charge on any atom is 0.125 e. The molecule has 1 atom stereocenters. The lowest BCUT2D eigenvalue weighted by Crippen LogP contribution is -2.25. The van der Waals surface area contributed by atoms with Gasteiger partial charge >= 0.3 is 0 Å². The number of likely N-dealkylation sites (N-methyl/N-ethyl adjacent to an activating group) is 1. The van der Waals surface area contributed by atoms with E-state index in [-0.39, 0.29) is 12.6 Å². The standard InChI is InChI=1S/C11H14N2O/c1-13-7-10(12-11(13)8-14)9-5-3-2-4-6-9/h2-6,10,14H,7-8H2,1H3. The van der Waals surface area contributed by atoms with Crippen molar-refractivity contribution in [1.29, 1.82) is 0 Å². The third-order valence-corrected chi connectivity index (χ3v) is 2.52. The monoisotopic (exact) mass is 190 g/mol. The second-order valence-corrected chi connectivity index (χ2v) is 3.51. The number of amidine groups is 1. The van der Waals surface area contributed by atoms with Crippen LogP contribution in [0.2, 0.25) is 0 Å². The van der Waals surface area contributed by atoms with Gasteiger partial charge in [0.05, 0.1) is 6.04 Å². The summed E-state index contributed by atoms with van der Waals surface area (Å²) in [5.41, 5.74) is 1.21.